The molecule has 0 bridgehead atoms. The molecule has 0 unspecified atom stereocenters. The second kappa shape index (κ2) is 6.33. The summed E-state index contributed by atoms with van der Waals surface area (Å²) in [7, 11) is -10.1. The van der Waals surface area contributed by atoms with Crippen LogP contribution in [0.3, 0.4) is 0 Å². The molecular formula is H8KNO7P2. The molecule has 0 aromatic heterocycles. The summed E-state index contributed by atoms with van der Waals surface area (Å²) in [5.74, 6) is 0. The number of rotatable bonds is 2. The molecule has 0 aliphatic carbocycles. The van der Waals surface area contributed by atoms with E-state index >= 15 is 0 Å². The van der Waals surface area contributed by atoms with Crippen molar-refractivity contribution in [2.75, 3.05) is 0 Å². The normalized spacial score (nSPS) is 11.3. The molecule has 66 valence electrons. The summed E-state index contributed by atoms with van der Waals surface area (Å²) in [6, 6.07) is 0. The summed E-state index contributed by atoms with van der Waals surface area (Å²) < 4.78 is 22.2. The van der Waals surface area contributed by atoms with Gasteiger partial charge in [-0.3, -0.25) is 0 Å². The molecule has 11 heteroatoms. The number of hydrogen-bond acceptors (Lipinski definition) is 4. The van der Waals surface area contributed by atoms with Gasteiger partial charge in [0.1, 0.15) is 0 Å². The van der Waals surface area contributed by atoms with Gasteiger partial charge in [-0.15, -0.1) is 0 Å². The molecule has 0 amide bonds. The molecule has 0 aromatic carbocycles. The number of phosphoric acid groups is 2. The SMILES string of the molecule is N.O=P(O)(O)OP(=O)(O)O.[KH]. The van der Waals surface area contributed by atoms with Gasteiger partial charge in [0.25, 0.3) is 0 Å². The molecule has 8 nitrogen and oxygen atoms in total. The van der Waals surface area contributed by atoms with Crippen LogP contribution in [0.4, 0.5) is 0 Å². The summed E-state index contributed by atoms with van der Waals surface area (Å²) in [6.45, 7) is 0. The topological polar surface area (TPSA) is 159 Å². The Hall–Kier alpha value is 1.86. The Morgan fingerprint density at radius 2 is 1.09 bits per heavy atom. The Balaban J connectivity index is -0.000000320. The van der Waals surface area contributed by atoms with E-state index in [1.54, 1.807) is 0 Å². The monoisotopic (exact) mass is 235 g/mol. The van der Waals surface area contributed by atoms with Gasteiger partial charge in [0.2, 0.25) is 0 Å². The van der Waals surface area contributed by atoms with Crippen molar-refractivity contribution in [3.05, 3.63) is 0 Å². The minimum atomic E-state index is -5.05. The van der Waals surface area contributed by atoms with E-state index in [2.05, 4.69) is 4.31 Å². The Morgan fingerprint density at radius 1 is 0.909 bits per heavy atom. The quantitative estimate of drug-likeness (QED) is 0.291. The van der Waals surface area contributed by atoms with Gasteiger partial charge in [-0.25, -0.2) is 9.13 Å². The van der Waals surface area contributed by atoms with Gasteiger partial charge in [0, 0.05) is 0 Å². The second-order valence-corrected chi connectivity index (χ2v) is 3.68. The molecule has 0 heterocycles. The first-order valence-electron chi connectivity index (χ1n) is 1.53. The van der Waals surface area contributed by atoms with Gasteiger partial charge in [-0.1, -0.05) is 0 Å². The van der Waals surface area contributed by atoms with E-state index in [4.69, 9.17) is 19.6 Å². The summed E-state index contributed by atoms with van der Waals surface area (Å²) in [4.78, 5) is 31.0. The third kappa shape index (κ3) is 18.7. The third-order valence-electron chi connectivity index (χ3n) is 0.213. The van der Waals surface area contributed by atoms with E-state index < -0.39 is 15.6 Å². The standard InChI is InChI=1S/K.H3N.H4O7P2.H/c;;1-8(2,3)7-9(4,5)6;/h;1H3;(H2,1,2,3)(H2,4,5,6);. The van der Waals surface area contributed by atoms with Crippen LogP contribution in [0.25, 0.3) is 0 Å². The molecule has 0 saturated carbocycles. The summed E-state index contributed by atoms with van der Waals surface area (Å²) in [5, 5.41) is 0. The van der Waals surface area contributed by atoms with E-state index in [-0.39, 0.29) is 57.5 Å². The van der Waals surface area contributed by atoms with Crippen LogP contribution in [-0.2, 0) is 13.4 Å². The van der Waals surface area contributed by atoms with Crippen molar-refractivity contribution in [3.8, 4) is 0 Å². The molecule has 11 heavy (non-hydrogen) atoms. The Bertz CT molecular complexity index is 157. The van der Waals surface area contributed by atoms with Gasteiger partial charge < -0.3 is 25.7 Å². The number of hydrogen-bond donors (Lipinski definition) is 5. The van der Waals surface area contributed by atoms with Crippen molar-refractivity contribution >= 4 is 67.0 Å². The van der Waals surface area contributed by atoms with E-state index in [1.807, 2.05) is 0 Å². The molecule has 0 fully saturated rings. The summed E-state index contributed by atoms with van der Waals surface area (Å²) in [6.07, 6.45) is 0. The predicted molar refractivity (Wildman–Crippen MR) is 37.3 cm³/mol. The molecule has 0 radical (unpaired) electrons. The van der Waals surface area contributed by atoms with Crippen molar-refractivity contribution in [3.63, 3.8) is 0 Å². The van der Waals surface area contributed by atoms with E-state index in [9.17, 15) is 9.13 Å². The zero-order valence-electron chi connectivity index (χ0n) is 4.62. The molecule has 0 aromatic rings. The van der Waals surface area contributed by atoms with Crippen molar-refractivity contribution < 1.29 is 33.0 Å². The van der Waals surface area contributed by atoms with Crippen LogP contribution in [0.2, 0.25) is 0 Å². The van der Waals surface area contributed by atoms with Crippen LogP contribution in [0.15, 0.2) is 0 Å². The molecule has 0 aliphatic rings. The molecular weight excluding hydrogens is 227 g/mol. The third-order valence-corrected chi connectivity index (χ3v) is 1.91. The fourth-order valence-corrected chi connectivity index (χ4v) is 1.25. The molecule has 7 N–H and O–H groups in total. The van der Waals surface area contributed by atoms with Crippen LogP contribution in [-0.4, -0.2) is 71.0 Å². The van der Waals surface area contributed by atoms with Crippen LogP contribution in [0.1, 0.15) is 0 Å². The Labute approximate surface area is 105 Å². The maximum atomic E-state index is 9.63. The Morgan fingerprint density at radius 3 is 1.09 bits per heavy atom. The maximum absolute atomic E-state index is 9.63. The molecule has 0 saturated heterocycles. The first-order chi connectivity index (χ1) is 3.71. The van der Waals surface area contributed by atoms with Crippen molar-refractivity contribution in [1.82, 2.24) is 6.15 Å². The second-order valence-electron chi connectivity index (χ2n) is 1.06. The average molecular weight is 235 g/mol. The van der Waals surface area contributed by atoms with E-state index in [0.717, 1.165) is 0 Å². The minimum absolute atomic E-state index is 0. The summed E-state index contributed by atoms with van der Waals surface area (Å²) in [5.41, 5.74) is 0. The fourth-order valence-electron chi connectivity index (χ4n) is 0.139. The van der Waals surface area contributed by atoms with Gasteiger partial charge in [-0.2, -0.15) is 4.31 Å². The van der Waals surface area contributed by atoms with E-state index in [1.165, 1.54) is 0 Å². The van der Waals surface area contributed by atoms with Crippen LogP contribution in [0, 0.1) is 0 Å². The zero-order valence-corrected chi connectivity index (χ0v) is 6.40. The molecule has 0 aliphatic heterocycles. The van der Waals surface area contributed by atoms with Gasteiger partial charge in [-0.05, 0) is 0 Å². The average Bonchev–Trinajstić information content (AvgIpc) is 1.14. The van der Waals surface area contributed by atoms with Crippen molar-refractivity contribution in [2.45, 2.75) is 0 Å². The fraction of sp³-hybridized carbons (Fsp3) is 0. The summed E-state index contributed by atoms with van der Waals surface area (Å²) >= 11 is 0. The molecule has 0 atom stereocenters. The predicted octanol–water partition coefficient (Wildman–Crippen LogP) is -1.30. The molecule has 0 rings (SSSR count). The van der Waals surface area contributed by atoms with Crippen LogP contribution in [0.5, 0.6) is 0 Å². The molecule has 0 spiro atoms. The van der Waals surface area contributed by atoms with E-state index in [0.29, 0.717) is 0 Å². The van der Waals surface area contributed by atoms with Gasteiger partial charge in [0.15, 0.2) is 0 Å². The van der Waals surface area contributed by atoms with Crippen molar-refractivity contribution in [1.29, 1.82) is 0 Å². The van der Waals surface area contributed by atoms with Crippen LogP contribution >= 0.6 is 15.6 Å². The Kier molecular flexibility index (Phi) is 10.7. The first-order valence-corrected chi connectivity index (χ1v) is 4.59. The first kappa shape index (κ1) is 18.6. The van der Waals surface area contributed by atoms with Gasteiger partial charge >= 0.3 is 67.0 Å². The zero-order chi connectivity index (χ0) is 7.71. The van der Waals surface area contributed by atoms with Gasteiger partial charge in [0.05, 0.1) is 0 Å². The van der Waals surface area contributed by atoms with Crippen molar-refractivity contribution in [2.24, 2.45) is 0 Å². The van der Waals surface area contributed by atoms with Crippen LogP contribution < -0.4 is 6.15 Å².